The molecule has 0 aromatic carbocycles. The van der Waals surface area contributed by atoms with E-state index in [9.17, 15) is 0 Å². The van der Waals surface area contributed by atoms with Crippen LogP contribution in [0.1, 0.15) is 42.7 Å². The van der Waals surface area contributed by atoms with Gasteiger partial charge in [-0.25, -0.2) is 0 Å². The van der Waals surface area contributed by atoms with E-state index in [0.29, 0.717) is 12.0 Å². The lowest BCUT2D eigenvalue weighted by atomic mass is 9.94. The van der Waals surface area contributed by atoms with Crippen molar-refractivity contribution < 1.29 is 4.74 Å². The monoisotopic (exact) mass is 182 g/mol. The summed E-state index contributed by atoms with van der Waals surface area (Å²) in [6.45, 7) is 5.27. The van der Waals surface area contributed by atoms with Gasteiger partial charge in [-0.2, -0.15) is 0 Å². The van der Waals surface area contributed by atoms with E-state index < -0.39 is 0 Å². The highest BCUT2D eigenvalue weighted by atomic mass is 32.1. The van der Waals surface area contributed by atoms with Crippen molar-refractivity contribution in [2.24, 2.45) is 0 Å². The summed E-state index contributed by atoms with van der Waals surface area (Å²) >= 11 is 1.83. The molecule has 0 bridgehead atoms. The molecule has 2 atom stereocenters. The summed E-state index contributed by atoms with van der Waals surface area (Å²) in [6, 6.07) is 2.26. The first kappa shape index (κ1) is 8.27. The Morgan fingerprint density at radius 2 is 2.50 bits per heavy atom. The fourth-order valence-electron chi connectivity index (χ4n) is 1.76. The van der Waals surface area contributed by atoms with Gasteiger partial charge in [-0.15, -0.1) is 11.3 Å². The maximum Gasteiger partial charge on any atom is 0.0891 e. The molecule has 2 heteroatoms. The Balaban J connectivity index is 2.36. The van der Waals surface area contributed by atoms with Gasteiger partial charge in [-0.05, 0) is 30.4 Å². The predicted molar refractivity (Wildman–Crippen MR) is 51.7 cm³/mol. The Hall–Kier alpha value is -0.340. The first-order valence-corrected chi connectivity index (χ1v) is 5.39. The lowest BCUT2D eigenvalue weighted by molar-refractivity contribution is 0.0420. The Labute approximate surface area is 77.4 Å². The third kappa shape index (κ3) is 1.19. The van der Waals surface area contributed by atoms with Crippen molar-refractivity contribution in [3.05, 3.63) is 21.9 Å². The standard InChI is InChI=1S/C10H14OS/c1-3-8-6-11-7(2)10-9(8)4-5-12-10/h4-5,7-8H,3,6H2,1-2H3. The van der Waals surface area contributed by atoms with Crippen LogP contribution in [-0.4, -0.2) is 6.61 Å². The van der Waals surface area contributed by atoms with Crippen LogP contribution in [0.15, 0.2) is 11.4 Å². The molecule has 1 aliphatic rings. The van der Waals surface area contributed by atoms with Crippen LogP contribution in [0, 0.1) is 0 Å². The summed E-state index contributed by atoms with van der Waals surface area (Å²) in [6.07, 6.45) is 1.51. The van der Waals surface area contributed by atoms with Gasteiger partial charge in [0.1, 0.15) is 0 Å². The molecule has 2 heterocycles. The Bertz CT molecular complexity index is 267. The van der Waals surface area contributed by atoms with Crippen LogP contribution in [0.4, 0.5) is 0 Å². The average molecular weight is 182 g/mol. The van der Waals surface area contributed by atoms with Crippen molar-refractivity contribution in [2.75, 3.05) is 6.61 Å². The SMILES string of the molecule is CCC1COC(C)c2sccc21. The Kier molecular flexibility index (Phi) is 2.20. The lowest BCUT2D eigenvalue weighted by Gasteiger charge is -2.26. The highest BCUT2D eigenvalue weighted by Gasteiger charge is 2.24. The van der Waals surface area contributed by atoms with E-state index in [4.69, 9.17) is 4.74 Å². The van der Waals surface area contributed by atoms with Crippen LogP contribution in [0.5, 0.6) is 0 Å². The van der Waals surface area contributed by atoms with Crippen LogP contribution in [0.2, 0.25) is 0 Å². The van der Waals surface area contributed by atoms with Gasteiger partial charge in [-0.1, -0.05) is 6.92 Å². The van der Waals surface area contributed by atoms with Crippen LogP contribution in [-0.2, 0) is 4.74 Å². The van der Waals surface area contributed by atoms with E-state index in [1.165, 1.54) is 16.9 Å². The molecule has 1 aromatic rings. The van der Waals surface area contributed by atoms with Gasteiger partial charge in [0.2, 0.25) is 0 Å². The van der Waals surface area contributed by atoms with Crippen molar-refractivity contribution in [3.8, 4) is 0 Å². The van der Waals surface area contributed by atoms with Crippen molar-refractivity contribution in [2.45, 2.75) is 32.3 Å². The van der Waals surface area contributed by atoms with E-state index in [1.54, 1.807) is 0 Å². The Morgan fingerprint density at radius 3 is 3.25 bits per heavy atom. The minimum absolute atomic E-state index is 0.322. The smallest absolute Gasteiger partial charge is 0.0891 e. The third-order valence-electron chi connectivity index (χ3n) is 2.58. The number of ether oxygens (including phenoxy) is 1. The quantitative estimate of drug-likeness (QED) is 0.647. The lowest BCUT2D eigenvalue weighted by Crippen LogP contribution is -2.16. The molecule has 0 fully saturated rings. The summed E-state index contributed by atoms with van der Waals surface area (Å²) in [5, 5.41) is 2.18. The minimum atomic E-state index is 0.322. The number of hydrogen-bond acceptors (Lipinski definition) is 2. The molecule has 0 amide bonds. The fraction of sp³-hybridized carbons (Fsp3) is 0.600. The summed E-state index contributed by atoms with van der Waals surface area (Å²) in [5.41, 5.74) is 1.53. The maximum atomic E-state index is 5.68. The summed E-state index contributed by atoms with van der Waals surface area (Å²) in [7, 11) is 0. The van der Waals surface area contributed by atoms with Crippen LogP contribution in [0.3, 0.4) is 0 Å². The zero-order valence-corrected chi connectivity index (χ0v) is 8.36. The first-order valence-electron chi connectivity index (χ1n) is 4.51. The molecule has 0 saturated heterocycles. The molecule has 1 aromatic heterocycles. The van der Waals surface area contributed by atoms with Crippen molar-refractivity contribution >= 4 is 11.3 Å². The molecule has 2 unspecified atom stereocenters. The van der Waals surface area contributed by atoms with E-state index in [1.807, 2.05) is 11.3 Å². The minimum Gasteiger partial charge on any atom is -0.372 e. The Morgan fingerprint density at radius 1 is 1.67 bits per heavy atom. The predicted octanol–water partition coefficient (Wildman–Crippen LogP) is 3.33. The van der Waals surface area contributed by atoms with Crippen molar-refractivity contribution in [1.29, 1.82) is 0 Å². The normalized spacial score (nSPS) is 28.5. The molecule has 12 heavy (non-hydrogen) atoms. The zero-order chi connectivity index (χ0) is 8.55. The number of thiophene rings is 1. The van der Waals surface area contributed by atoms with E-state index in [0.717, 1.165) is 6.61 Å². The van der Waals surface area contributed by atoms with Crippen LogP contribution >= 0.6 is 11.3 Å². The highest BCUT2D eigenvalue weighted by molar-refractivity contribution is 7.10. The average Bonchev–Trinajstić information content (AvgIpc) is 2.54. The second kappa shape index (κ2) is 3.19. The summed E-state index contributed by atoms with van der Waals surface area (Å²) < 4.78 is 5.68. The molecular weight excluding hydrogens is 168 g/mol. The fourth-order valence-corrected chi connectivity index (χ4v) is 2.75. The molecule has 2 rings (SSSR count). The van der Waals surface area contributed by atoms with E-state index in [-0.39, 0.29) is 0 Å². The van der Waals surface area contributed by atoms with Gasteiger partial charge in [-0.3, -0.25) is 0 Å². The van der Waals surface area contributed by atoms with Gasteiger partial charge in [0.05, 0.1) is 12.7 Å². The second-order valence-electron chi connectivity index (χ2n) is 3.32. The maximum absolute atomic E-state index is 5.68. The van der Waals surface area contributed by atoms with Crippen LogP contribution < -0.4 is 0 Å². The van der Waals surface area contributed by atoms with Crippen LogP contribution in [0.25, 0.3) is 0 Å². The molecule has 0 saturated carbocycles. The first-order chi connectivity index (χ1) is 5.83. The van der Waals surface area contributed by atoms with Gasteiger partial charge < -0.3 is 4.74 Å². The molecule has 0 aliphatic carbocycles. The molecule has 0 radical (unpaired) electrons. The van der Waals surface area contributed by atoms with E-state index in [2.05, 4.69) is 25.3 Å². The number of fused-ring (bicyclic) bond motifs is 1. The molecule has 1 aliphatic heterocycles. The number of hydrogen-bond donors (Lipinski definition) is 0. The largest absolute Gasteiger partial charge is 0.372 e. The zero-order valence-electron chi connectivity index (χ0n) is 7.54. The molecule has 0 spiro atoms. The van der Waals surface area contributed by atoms with Crippen molar-refractivity contribution in [3.63, 3.8) is 0 Å². The molecular formula is C10H14OS. The van der Waals surface area contributed by atoms with E-state index >= 15 is 0 Å². The molecule has 66 valence electrons. The molecule has 1 nitrogen and oxygen atoms in total. The van der Waals surface area contributed by atoms with Gasteiger partial charge in [0.15, 0.2) is 0 Å². The topological polar surface area (TPSA) is 9.23 Å². The summed E-state index contributed by atoms with van der Waals surface area (Å²) in [5.74, 6) is 0.641. The summed E-state index contributed by atoms with van der Waals surface area (Å²) in [4.78, 5) is 1.44. The number of rotatable bonds is 1. The highest BCUT2D eigenvalue weighted by Crippen LogP contribution is 2.38. The van der Waals surface area contributed by atoms with Gasteiger partial charge in [0.25, 0.3) is 0 Å². The molecule has 0 N–H and O–H groups in total. The van der Waals surface area contributed by atoms with Gasteiger partial charge >= 0.3 is 0 Å². The van der Waals surface area contributed by atoms with Gasteiger partial charge in [0, 0.05) is 10.8 Å². The van der Waals surface area contributed by atoms with Crippen molar-refractivity contribution in [1.82, 2.24) is 0 Å². The third-order valence-corrected chi connectivity index (χ3v) is 3.67. The second-order valence-corrected chi connectivity index (χ2v) is 4.27.